The molecule has 80 valence electrons. The molecule has 1 aliphatic heterocycles. The maximum absolute atomic E-state index is 5.83. The van der Waals surface area contributed by atoms with Crippen molar-refractivity contribution < 1.29 is 0 Å². The predicted octanol–water partition coefficient (Wildman–Crippen LogP) is 2.08. The SMILES string of the molecule is NC1CN(C2CCc3cc(Br)ccc32)C1. The zero-order valence-electron chi connectivity index (χ0n) is 8.62. The maximum atomic E-state index is 5.83. The fourth-order valence-corrected chi connectivity index (χ4v) is 3.15. The van der Waals surface area contributed by atoms with Crippen LogP contribution in [0.1, 0.15) is 23.6 Å². The van der Waals surface area contributed by atoms with Gasteiger partial charge in [-0.15, -0.1) is 0 Å². The van der Waals surface area contributed by atoms with E-state index in [0.717, 1.165) is 13.1 Å². The van der Waals surface area contributed by atoms with Gasteiger partial charge in [0, 0.05) is 29.6 Å². The zero-order chi connectivity index (χ0) is 10.4. The van der Waals surface area contributed by atoms with E-state index in [2.05, 4.69) is 39.0 Å². The molecule has 1 saturated heterocycles. The minimum absolute atomic E-state index is 0.407. The summed E-state index contributed by atoms with van der Waals surface area (Å²) < 4.78 is 1.20. The average molecular weight is 267 g/mol. The molecule has 0 amide bonds. The molecule has 0 bridgehead atoms. The number of rotatable bonds is 1. The molecular weight excluding hydrogens is 252 g/mol. The average Bonchev–Trinajstić information content (AvgIpc) is 2.55. The van der Waals surface area contributed by atoms with E-state index in [1.165, 1.54) is 28.4 Å². The molecule has 1 aromatic rings. The summed E-state index contributed by atoms with van der Waals surface area (Å²) in [6, 6.07) is 7.71. The molecule has 2 nitrogen and oxygen atoms in total. The Balaban J connectivity index is 1.85. The molecule has 1 fully saturated rings. The Labute approximate surface area is 98.6 Å². The van der Waals surface area contributed by atoms with E-state index < -0.39 is 0 Å². The van der Waals surface area contributed by atoms with Gasteiger partial charge in [0.05, 0.1) is 0 Å². The van der Waals surface area contributed by atoms with Crippen molar-refractivity contribution in [2.24, 2.45) is 5.73 Å². The summed E-state index contributed by atoms with van der Waals surface area (Å²) in [4.78, 5) is 2.50. The summed E-state index contributed by atoms with van der Waals surface area (Å²) in [7, 11) is 0. The lowest BCUT2D eigenvalue weighted by Crippen LogP contribution is -2.56. The minimum Gasteiger partial charge on any atom is -0.325 e. The molecule has 3 heteroatoms. The van der Waals surface area contributed by atoms with Gasteiger partial charge in [0.1, 0.15) is 0 Å². The Morgan fingerprint density at radius 1 is 1.33 bits per heavy atom. The van der Waals surface area contributed by atoms with Gasteiger partial charge >= 0.3 is 0 Å². The van der Waals surface area contributed by atoms with Crippen LogP contribution in [0.2, 0.25) is 0 Å². The molecule has 0 spiro atoms. The highest BCUT2D eigenvalue weighted by Gasteiger charge is 2.34. The van der Waals surface area contributed by atoms with Crippen molar-refractivity contribution in [3.63, 3.8) is 0 Å². The fraction of sp³-hybridized carbons (Fsp3) is 0.500. The van der Waals surface area contributed by atoms with Crippen LogP contribution < -0.4 is 5.73 Å². The van der Waals surface area contributed by atoms with Crippen molar-refractivity contribution in [3.05, 3.63) is 33.8 Å². The number of halogens is 1. The lowest BCUT2D eigenvalue weighted by Gasteiger charge is -2.41. The van der Waals surface area contributed by atoms with Gasteiger partial charge in [-0.3, -0.25) is 4.90 Å². The molecular formula is C12H15BrN2. The highest BCUT2D eigenvalue weighted by Crippen LogP contribution is 2.38. The number of hydrogen-bond donors (Lipinski definition) is 1. The van der Waals surface area contributed by atoms with Gasteiger partial charge in [0.2, 0.25) is 0 Å². The van der Waals surface area contributed by atoms with Crippen LogP contribution >= 0.6 is 15.9 Å². The summed E-state index contributed by atoms with van der Waals surface area (Å²) in [6.45, 7) is 2.14. The molecule has 1 aliphatic carbocycles. The summed E-state index contributed by atoms with van der Waals surface area (Å²) in [5.41, 5.74) is 8.86. The second kappa shape index (κ2) is 3.58. The van der Waals surface area contributed by atoms with Gasteiger partial charge in [-0.1, -0.05) is 22.0 Å². The van der Waals surface area contributed by atoms with E-state index in [4.69, 9.17) is 5.73 Å². The molecule has 1 heterocycles. The van der Waals surface area contributed by atoms with Crippen LogP contribution in [0.15, 0.2) is 22.7 Å². The van der Waals surface area contributed by atoms with Gasteiger partial charge in [-0.25, -0.2) is 0 Å². The number of aryl methyl sites for hydroxylation is 1. The fourth-order valence-electron chi connectivity index (χ4n) is 2.75. The molecule has 0 aromatic heterocycles. The number of likely N-dealkylation sites (tertiary alicyclic amines) is 1. The normalized spacial score (nSPS) is 26.4. The highest BCUT2D eigenvalue weighted by atomic mass is 79.9. The van der Waals surface area contributed by atoms with E-state index in [1.54, 1.807) is 0 Å². The highest BCUT2D eigenvalue weighted by molar-refractivity contribution is 9.10. The largest absolute Gasteiger partial charge is 0.325 e. The summed E-state index contributed by atoms with van der Waals surface area (Å²) in [5.74, 6) is 0. The van der Waals surface area contributed by atoms with Gasteiger partial charge in [0.25, 0.3) is 0 Å². The summed E-state index contributed by atoms with van der Waals surface area (Å²) in [6.07, 6.45) is 2.48. The molecule has 1 aromatic carbocycles. The van der Waals surface area contributed by atoms with E-state index in [9.17, 15) is 0 Å². The molecule has 1 unspecified atom stereocenters. The third-order valence-electron chi connectivity index (χ3n) is 3.53. The molecule has 0 saturated carbocycles. The lowest BCUT2D eigenvalue weighted by molar-refractivity contribution is 0.0942. The van der Waals surface area contributed by atoms with Gasteiger partial charge in [-0.2, -0.15) is 0 Å². The topological polar surface area (TPSA) is 29.3 Å². The van der Waals surface area contributed by atoms with Crippen molar-refractivity contribution in [2.75, 3.05) is 13.1 Å². The van der Waals surface area contributed by atoms with Crippen LogP contribution in [0, 0.1) is 0 Å². The molecule has 1 atom stereocenters. The van der Waals surface area contributed by atoms with Gasteiger partial charge in [0.15, 0.2) is 0 Å². The Morgan fingerprint density at radius 3 is 2.87 bits per heavy atom. The summed E-state index contributed by atoms with van der Waals surface area (Å²) >= 11 is 3.53. The van der Waals surface area contributed by atoms with E-state index in [1.807, 2.05) is 0 Å². The first-order valence-electron chi connectivity index (χ1n) is 5.52. The molecule has 15 heavy (non-hydrogen) atoms. The number of benzene rings is 1. The molecule has 2 N–H and O–H groups in total. The van der Waals surface area contributed by atoms with Gasteiger partial charge in [-0.05, 0) is 36.1 Å². The van der Waals surface area contributed by atoms with E-state index >= 15 is 0 Å². The Morgan fingerprint density at radius 2 is 2.13 bits per heavy atom. The van der Waals surface area contributed by atoms with Crippen molar-refractivity contribution in [1.29, 1.82) is 0 Å². The van der Waals surface area contributed by atoms with Crippen molar-refractivity contribution in [3.8, 4) is 0 Å². The van der Waals surface area contributed by atoms with Crippen LogP contribution in [0.25, 0.3) is 0 Å². The minimum atomic E-state index is 0.407. The van der Waals surface area contributed by atoms with E-state index in [0.29, 0.717) is 12.1 Å². The number of nitrogens with zero attached hydrogens (tertiary/aromatic N) is 1. The quantitative estimate of drug-likeness (QED) is 0.844. The Kier molecular flexibility index (Phi) is 2.34. The van der Waals surface area contributed by atoms with Gasteiger partial charge < -0.3 is 5.73 Å². The zero-order valence-corrected chi connectivity index (χ0v) is 10.2. The Bertz CT molecular complexity index is 385. The predicted molar refractivity (Wildman–Crippen MR) is 64.8 cm³/mol. The van der Waals surface area contributed by atoms with E-state index in [-0.39, 0.29) is 0 Å². The third kappa shape index (κ3) is 1.63. The molecule has 2 aliphatic rings. The monoisotopic (exact) mass is 266 g/mol. The van der Waals surface area contributed by atoms with Crippen LogP contribution in [-0.2, 0) is 6.42 Å². The van der Waals surface area contributed by atoms with Crippen LogP contribution in [0.4, 0.5) is 0 Å². The van der Waals surface area contributed by atoms with Crippen molar-refractivity contribution in [1.82, 2.24) is 4.90 Å². The molecule has 3 rings (SSSR count). The first-order chi connectivity index (χ1) is 7.24. The second-order valence-corrected chi connectivity index (χ2v) is 5.53. The summed E-state index contributed by atoms with van der Waals surface area (Å²) in [5, 5.41) is 0. The standard InChI is InChI=1S/C12H15BrN2/c13-9-2-3-11-8(5-9)1-4-12(11)15-6-10(14)7-15/h2-3,5,10,12H,1,4,6-7,14H2. The number of hydrogen-bond acceptors (Lipinski definition) is 2. The lowest BCUT2D eigenvalue weighted by atomic mass is 10.0. The maximum Gasteiger partial charge on any atom is 0.0355 e. The third-order valence-corrected chi connectivity index (χ3v) is 4.02. The first-order valence-corrected chi connectivity index (χ1v) is 6.31. The first kappa shape index (κ1) is 9.82. The van der Waals surface area contributed by atoms with Crippen molar-refractivity contribution in [2.45, 2.75) is 24.9 Å². The number of fused-ring (bicyclic) bond motifs is 1. The van der Waals surface area contributed by atoms with Crippen LogP contribution in [0.3, 0.4) is 0 Å². The van der Waals surface area contributed by atoms with Crippen LogP contribution in [0.5, 0.6) is 0 Å². The smallest absolute Gasteiger partial charge is 0.0355 e. The molecule has 0 radical (unpaired) electrons. The Hall–Kier alpha value is -0.380. The number of nitrogens with two attached hydrogens (primary N) is 1. The van der Waals surface area contributed by atoms with Crippen molar-refractivity contribution >= 4 is 15.9 Å². The van der Waals surface area contributed by atoms with Crippen LogP contribution in [-0.4, -0.2) is 24.0 Å². The second-order valence-electron chi connectivity index (χ2n) is 4.61.